The number of rotatable bonds is 10. The fourth-order valence-corrected chi connectivity index (χ4v) is 13.6. The molecule has 5 heterocycles. The Morgan fingerprint density at radius 1 is 0.815 bits per heavy atom. The number of H-pyrrole nitrogens is 1. The van der Waals surface area contributed by atoms with Gasteiger partial charge in [0, 0.05) is 82.7 Å². The van der Waals surface area contributed by atoms with Crippen molar-refractivity contribution in [2.75, 3.05) is 24.6 Å². The van der Waals surface area contributed by atoms with E-state index in [0.29, 0.717) is 21.5 Å². The molecule has 1 aliphatic carbocycles. The molecule has 4 aliphatic heterocycles. The third kappa shape index (κ3) is 15.0. The van der Waals surface area contributed by atoms with E-state index in [2.05, 4.69) is 42.2 Å². The number of fused-ring (bicyclic) bond motifs is 7. The average molecular weight is 1320 g/mol. The normalized spacial score (nSPS) is 23.2. The molecule has 0 radical (unpaired) electrons. The number of nitrogens with two attached hydrogens (primary N) is 2. The summed E-state index contributed by atoms with van der Waals surface area (Å²) in [5, 5.41) is 69.9. The van der Waals surface area contributed by atoms with E-state index in [1.54, 1.807) is 24.3 Å². The van der Waals surface area contributed by atoms with Crippen LogP contribution in [-0.2, 0) is 60.2 Å². The number of carboxylic acid groups (broad SMARTS) is 1. The molecule has 8 amide bonds. The largest absolute Gasteiger partial charge is 1.00 e. The van der Waals surface area contributed by atoms with E-state index in [4.69, 9.17) is 15.6 Å². The number of thioether (sulfide) groups is 1. The predicted molar refractivity (Wildman–Crippen MR) is 309 cm³/mol. The second-order valence-corrected chi connectivity index (χ2v) is 26.0. The van der Waals surface area contributed by atoms with Gasteiger partial charge >= 0.3 is 37.7 Å². The van der Waals surface area contributed by atoms with Gasteiger partial charge in [-0.05, 0) is 75.2 Å². The van der Waals surface area contributed by atoms with E-state index in [-0.39, 0.29) is 79.4 Å². The summed E-state index contributed by atoms with van der Waals surface area (Å²) in [6.07, 6.45) is -4.35. The number of benzene rings is 4. The minimum absolute atomic E-state index is 0. The van der Waals surface area contributed by atoms with Crippen LogP contribution in [0, 0.1) is 0 Å². The van der Waals surface area contributed by atoms with Crippen LogP contribution in [0.1, 0.15) is 66.8 Å². The first kappa shape index (κ1) is 71.6. The molecule has 1 aromatic heterocycles. The smallest absolute Gasteiger partial charge is 0.744 e. The van der Waals surface area contributed by atoms with Crippen molar-refractivity contribution in [1.29, 1.82) is 0 Å². The molecule has 0 saturated carbocycles. The molecule has 92 heavy (non-hydrogen) atoms. The number of anilines is 1. The number of para-hydroxylation sites is 1. The zero-order valence-electron chi connectivity index (χ0n) is 49.9. The molecule has 15 N–H and O–H groups in total. The molecule has 1 saturated heterocycles. The van der Waals surface area contributed by atoms with Gasteiger partial charge in [0.25, 0.3) is 5.91 Å². The van der Waals surface area contributed by atoms with Crippen molar-refractivity contribution in [3.63, 3.8) is 0 Å². The number of nitrogens with one attached hydrogen (secondary N) is 8. The molecule has 1 unspecified atom stereocenters. The van der Waals surface area contributed by atoms with Crippen molar-refractivity contribution in [2.45, 2.75) is 122 Å². The molecule has 5 aliphatic rings. The molecule has 4 aromatic rings. The Balaban J connectivity index is 0.00000600. The van der Waals surface area contributed by atoms with Crippen molar-refractivity contribution in [3.05, 3.63) is 88.8 Å². The van der Waals surface area contributed by atoms with Crippen LogP contribution in [0.2, 0.25) is 0 Å². The minimum Gasteiger partial charge on any atom is -0.744 e. The number of aromatic amines is 1. The first-order valence-electron chi connectivity index (χ1n) is 27.5. The van der Waals surface area contributed by atoms with E-state index in [1.165, 1.54) is 13.8 Å². The number of carbonyl (C=O) groups excluding carboxylic acids is 9. The second-order valence-electron chi connectivity index (χ2n) is 22.3. The van der Waals surface area contributed by atoms with Gasteiger partial charge in [0.05, 0.1) is 34.5 Å². The number of carbonyl (C=O) groups is 9. The first-order chi connectivity index (χ1) is 42.1. The number of aromatic carboxylic acids is 1. The van der Waals surface area contributed by atoms with Gasteiger partial charge in [0.1, 0.15) is 67.4 Å². The molecule has 9 rings (SSSR count). The quantitative estimate of drug-likeness (QED) is 0.0262. The van der Waals surface area contributed by atoms with Crippen LogP contribution < -0.4 is 96.5 Å². The number of nitrogens with zero attached hydrogens (tertiary/aromatic N) is 1. The zero-order valence-corrected chi connectivity index (χ0v) is 52.3. The van der Waals surface area contributed by atoms with Crippen LogP contribution >= 0.6 is 11.8 Å². The van der Waals surface area contributed by atoms with Crippen molar-refractivity contribution >= 4 is 113 Å². The van der Waals surface area contributed by atoms with Gasteiger partial charge in [-0.3, -0.25) is 43.8 Å². The summed E-state index contributed by atoms with van der Waals surface area (Å²) in [6, 6.07) is 2.45. The predicted octanol–water partition coefficient (Wildman–Crippen LogP) is -11.4. The number of aromatic nitrogens is 1. The van der Waals surface area contributed by atoms with Crippen molar-refractivity contribution in [3.8, 4) is 22.5 Å². The molecule has 1 fully saturated rings. The number of aliphatic hydroxyl groups is 3. The number of hydrogen-bond acceptors (Lipinski definition) is 22. The Kier molecular flexibility index (Phi) is 21.6. The summed E-state index contributed by atoms with van der Waals surface area (Å²) in [5.41, 5.74) is 0.472. The van der Waals surface area contributed by atoms with Crippen LogP contribution in [-0.4, -0.2) is 183 Å². The van der Waals surface area contributed by atoms with Crippen molar-refractivity contribution < 1.29 is 137 Å². The average Bonchev–Trinajstić information content (AvgIpc) is 0.911. The summed E-state index contributed by atoms with van der Waals surface area (Å²) in [5.74, 6) is -11.4. The fourth-order valence-electron chi connectivity index (χ4n) is 11.0. The summed E-state index contributed by atoms with van der Waals surface area (Å²) in [7, 11) is -11.2. The Labute approximate surface area is 551 Å². The summed E-state index contributed by atoms with van der Waals surface area (Å²) in [6.45, 7) is 3.56. The number of amides is 8. The summed E-state index contributed by atoms with van der Waals surface area (Å²) >= 11 is 0.987. The van der Waals surface area contributed by atoms with Crippen molar-refractivity contribution in [1.82, 2.24) is 47.1 Å². The Morgan fingerprint density at radius 2 is 1.45 bits per heavy atom. The first-order valence-corrected chi connectivity index (χ1v) is 31.3. The molecule has 0 spiro atoms. The van der Waals surface area contributed by atoms with Crippen LogP contribution in [0.4, 0.5) is 5.69 Å². The standard InChI is InChI=1S/C56H61N11O20S3.2Li/c1-22-46(70)62-36-17-31-27-7-5-6-8-35(27)65-53(31)88-20-38(54(77)67-19-26(69)16-39(67)51(75)61-22)64-52(76)41(24(3)68)66-47(71)23(2)60-50(74)37(63-49(36)73)18-56(4,80)21-59-48(72)25-9-10-28(32(15-25)55(78)79)40-29-11-13-33(57)44(89(81,82)83)42(29)87-43-30(40)12-14-34(58)45(43)90(84,85)86;;/h5-15,22-24,26,36-39,41,57,65,68-69,80H,16-21,58H2,1-4H3,(H,59,72)(H,60,74)(H,61,75)(H,62,70)(H,63,73)(H,64,76)(H,66,71)(H,78,79)(H,81,82,83)(H,84,85,86);;/q;2*+1/p-2/t22-,23?,24-,26+,36-,37-,38+,39-,41+,56+;;/m0../s1. The van der Waals surface area contributed by atoms with E-state index in [0.717, 1.165) is 73.0 Å². The van der Waals surface area contributed by atoms with Crippen molar-refractivity contribution in [2.24, 2.45) is 0 Å². The van der Waals surface area contributed by atoms with Gasteiger partial charge in [-0.15, -0.1) is 11.8 Å². The third-order valence-electron chi connectivity index (χ3n) is 15.5. The van der Waals surface area contributed by atoms with Gasteiger partial charge in [0.2, 0.25) is 46.7 Å². The van der Waals surface area contributed by atoms with Crippen LogP contribution in [0.3, 0.4) is 0 Å². The molecular weight excluding hydrogens is 1260 g/mol. The molecule has 36 heteroatoms. The number of aliphatic hydroxyl groups excluding tert-OH is 2. The zero-order chi connectivity index (χ0) is 65.8. The molecular formula is C56H59Li2N11O20S3. The fraction of sp³-hybridized carbons (Fsp3) is 0.357. The maximum Gasteiger partial charge on any atom is 1.00 e. The third-order valence-corrected chi connectivity index (χ3v) is 18.4. The maximum absolute atomic E-state index is 15.0. The molecule has 3 aromatic carbocycles. The maximum atomic E-state index is 15.0. The monoisotopic (exact) mass is 1320 g/mol. The van der Waals surface area contributed by atoms with E-state index in [9.17, 15) is 89.5 Å². The minimum atomic E-state index is -5.58. The number of hydrogen-bond donors (Lipinski definition) is 13. The molecule has 31 nitrogen and oxygen atoms in total. The van der Waals surface area contributed by atoms with Crippen LogP contribution in [0.5, 0.6) is 0 Å². The number of carboxylic acids is 1. The van der Waals surface area contributed by atoms with Gasteiger partial charge < -0.3 is 91.6 Å². The van der Waals surface area contributed by atoms with Gasteiger partial charge in [-0.25, -0.2) is 16.8 Å². The van der Waals surface area contributed by atoms with E-state index < -0.39 is 195 Å². The SMILES string of the molecule is CC1NC(=O)[C@H](C[C@@](C)(O)CNC(=O)c2ccc(-c3c4ccc(=[NH2+])c(S(=O)(=O)[O-])c-4oc4c(S(=O)(=O)[O-])c(N)ccc34)c(C(=O)[O-])c2)NC(=O)[C@@H]2Cc3c([nH]c4ccccc34)SC[C@@H](NC(=O)[C@@H]([C@H](C)O)NC1=O)C(=O)N1C[C@H](O)C[C@H]1C(=O)N[C@@H](C)C(=O)N2.[Li+].[Li+]. The molecule has 478 valence electrons. The Hall–Kier alpha value is -7.84. The van der Waals surface area contributed by atoms with Gasteiger partial charge in [-0.2, -0.15) is 0 Å². The van der Waals surface area contributed by atoms with Crippen LogP contribution in [0.15, 0.2) is 86.0 Å². The number of nitrogen functional groups attached to an aromatic ring is 1. The Bertz CT molecular complexity index is 4280. The molecule has 2 bridgehead atoms. The summed E-state index contributed by atoms with van der Waals surface area (Å²) < 4.78 is 81.3. The topological polar surface area (TPSA) is 520 Å². The molecule has 10 atom stereocenters. The van der Waals surface area contributed by atoms with Crippen LogP contribution in [0.25, 0.3) is 44.3 Å². The Morgan fingerprint density at radius 3 is 2.10 bits per heavy atom. The van der Waals surface area contributed by atoms with E-state index >= 15 is 0 Å². The summed E-state index contributed by atoms with van der Waals surface area (Å²) in [4.78, 5) is 129. The van der Waals surface area contributed by atoms with E-state index in [1.807, 2.05) is 0 Å². The second kappa shape index (κ2) is 27.8. The van der Waals surface area contributed by atoms with Gasteiger partial charge in [-0.1, -0.05) is 24.3 Å². The van der Waals surface area contributed by atoms with Gasteiger partial charge in [0.15, 0.2) is 16.2 Å².